The van der Waals surface area contributed by atoms with Gasteiger partial charge < -0.3 is 0 Å². The van der Waals surface area contributed by atoms with E-state index >= 15 is 0 Å². The van der Waals surface area contributed by atoms with E-state index in [9.17, 15) is 9.59 Å². The van der Waals surface area contributed by atoms with Gasteiger partial charge in [-0.15, -0.1) is 0 Å². The van der Waals surface area contributed by atoms with Gasteiger partial charge in [0.1, 0.15) is 11.7 Å². The number of hydrogen-bond donors (Lipinski definition) is 0. The van der Waals surface area contributed by atoms with Gasteiger partial charge in [-0.1, -0.05) is 43.3 Å². The number of benzene rings is 2. The van der Waals surface area contributed by atoms with Gasteiger partial charge in [-0.3, -0.25) is 9.78 Å². The van der Waals surface area contributed by atoms with Crippen molar-refractivity contribution in [3.63, 3.8) is 0 Å². The van der Waals surface area contributed by atoms with Crippen molar-refractivity contribution in [2.75, 3.05) is 0 Å². The van der Waals surface area contributed by atoms with Gasteiger partial charge in [-0.2, -0.15) is 9.78 Å². The summed E-state index contributed by atoms with van der Waals surface area (Å²) in [5, 5.41) is 0. The second-order valence-corrected chi connectivity index (χ2v) is 9.14. The molecule has 3 rings (SSSR count). The van der Waals surface area contributed by atoms with Crippen molar-refractivity contribution in [2.24, 2.45) is 5.92 Å². The Hall–Kier alpha value is -2.70. The summed E-state index contributed by atoms with van der Waals surface area (Å²) in [7, 11) is 0. The summed E-state index contributed by atoms with van der Waals surface area (Å²) in [6, 6.07) is 11.2. The van der Waals surface area contributed by atoms with Gasteiger partial charge in [0, 0.05) is 0 Å². The predicted molar refractivity (Wildman–Crippen MR) is 120 cm³/mol. The Bertz CT molecular complexity index is 957. The monoisotopic (exact) mass is 440 g/mol. The van der Waals surface area contributed by atoms with Crippen LogP contribution >= 0.6 is 0 Å². The molecule has 0 aliphatic heterocycles. The number of aryl methyl sites for hydroxylation is 4. The fourth-order valence-electron chi connectivity index (χ4n) is 4.25. The lowest BCUT2D eigenvalue weighted by Gasteiger charge is -2.39. The summed E-state index contributed by atoms with van der Waals surface area (Å²) in [4.78, 5) is 47.2. The first-order valence-corrected chi connectivity index (χ1v) is 11.0. The van der Waals surface area contributed by atoms with Gasteiger partial charge in [-0.25, -0.2) is 9.59 Å². The molecule has 1 aliphatic rings. The third-order valence-corrected chi connectivity index (χ3v) is 6.35. The molecule has 3 atom stereocenters. The molecule has 0 spiro atoms. The second-order valence-electron chi connectivity index (χ2n) is 9.14. The molecular weight excluding hydrogens is 408 g/mol. The maximum atomic E-state index is 12.7. The van der Waals surface area contributed by atoms with Crippen LogP contribution in [0.5, 0.6) is 0 Å². The van der Waals surface area contributed by atoms with E-state index in [0.29, 0.717) is 29.9 Å². The minimum Gasteiger partial charge on any atom is -0.292 e. The van der Waals surface area contributed by atoms with Crippen LogP contribution in [0.1, 0.15) is 76.1 Å². The Kier molecular flexibility index (Phi) is 7.36. The second kappa shape index (κ2) is 9.84. The van der Waals surface area contributed by atoms with E-state index in [1.54, 1.807) is 0 Å². The van der Waals surface area contributed by atoms with Crippen LogP contribution in [0, 0.1) is 33.6 Å². The third-order valence-electron chi connectivity index (χ3n) is 6.35. The highest BCUT2D eigenvalue weighted by atomic mass is 17.2. The van der Waals surface area contributed by atoms with Crippen LogP contribution in [-0.2, 0) is 19.6 Å². The molecule has 2 aromatic carbocycles. The molecule has 3 unspecified atom stereocenters. The highest BCUT2D eigenvalue weighted by Crippen LogP contribution is 2.37. The van der Waals surface area contributed by atoms with E-state index in [2.05, 4.69) is 6.92 Å². The van der Waals surface area contributed by atoms with Gasteiger partial charge in [0.25, 0.3) is 0 Å². The van der Waals surface area contributed by atoms with Crippen molar-refractivity contribution >= 4 is 11.9 Å². The van der Waals surface area contributed by atoms with Crippen LogP contribution < -0.4 is 0 Å². The van der Waals surface area contributed by atoms with Gasteiger partial charge in [0.15, 0.2) is 0 Å². The summed E-state index contributed by atoms with van der Waals surface area (Å²) >= 11 is 0. The zero-order valence-corrected chi connectivity index (χ0v) is 19.7. The van der Waals surface area contributed by atoms with Crippen molar-refractivity contribution in [3.8, 4) is 0 Å². The average molecular weight is 441 g/mol. The molecule has 172 valence electrons. The first-order chi connectivity index (χ1) is 15.1. The topological polar surface area (TPSA) is 71.1 Å². The maximum Gasteiger partial charge on any atom is 0.373 e. The Morgan fingerprint density at radius 3 is 1.81 bits per heavy atom. The van der Waals surface area contributed by atoms with Crippen molar-refractivity contribution in [2.45, 2.75) is 72.5 Å². The molecule has 2 aromatic rings. The predicted octanol–water partition coefficient (Wildman–Crippen LogP) is 5.74. The highest BCUT2D eigenvalue weighted by Gasteiger charge is 2.45. The third kappa shape index (κ3) is 5.19. The van der Waals surface area contributed by atoms with Crippen LogP contribution in [0.25, 0.3) is 0 Å². The van der Waals surface area contributed by atoms with Crippen molar-refractivity contribution in [3.05, 3.63) is 69.8 Å². The Balaban J connectivity index is 1.70. The molecular formula is C26H32O6. The molecule has 0 radical (unpaired) electrons. The zero-order valence-electron chi connectivity index (χ0n) is 19.7. The van der Waals surface area contributed by atoms with Crippen molar-refractivity contribution < 1.29 is 29.1 Å². The van der Waals surface area contributed by atoms with Gasteiger partial charge in [0.05, 0.1) is 11.1 Å². The lowest BCUT2D eigenvalue weighted by molar-refractivity contribution is -0.388. The molecule has 6 heteroatoms. The SMILES string of the molecule is Cc1cccc(C)c1C(=O)OOC1CC(C)CCC1(C)OOC(=O)c1c(C)cccc1C. The number of hydrogen-bond acceptors (Lipinski definition) is 6. The molecule has 32 heavy (non-hydrogen) atoms. The number of rotatable bonds is 6. The minimum atomic E-state index is -0.945. The van der Waals surface area contributed by atoms with Gasteiger partial charge in [0.2, 0.25) is 0 Å². The van der Waals surface area contributed by atoms with Crippen molar-refractivity contribution in [1.82, 2.24) is 0 Å². The van der Waals surface area contributed by atoms with E-state index in [4.69, 9.17) is 19.6 Å². The lowest BCUT2D eigenvalue weighted by atomic mass is 9.78. The first-order valence-electron chi connectivity index (χ1n) is 11.0. The molecule has 1 saturated carbocycles. The fourth-order valence-corrected chi connectivity index (χ4v) is 4.25. The molecule has 0 heterocycles. The molecule has 0 amide bonds. The highest BCUT2D eigenvalue weighted by molar-refractivity contribution is 5.92. The largest absolute Gasteiger partial charge is 0.373 e. The normalized spacial score (nSPS) is 22.9. The summed E-state index contributed by atoms with van der Waals surface area (Å²) < 4.78 is 0. The molecule has 0 aromatic heterocycles. The molecule has 0 saturated heterocycles. The van der Waals surface area contributed by atoms with Crippen LogP contribution in [0.15, 0.2) is 36.4 Å². The van der Waals surface area contributed by atoms with Crippen LogP contribution in [0.2, 0.25) is 0 Å². The summed E-state index contributed by atoms with van der Waals surface area (Å²) in [5.74, 6) is -0.745. The molecule has 0 bridgehead atoms. The first kappa shape index (κ1) is 24.0. The molecule has 1 fully saturated rings. The smallest absolute Gasteiger partial charge is 0.292 e. The minimum absolute atomic E-state index is 0.352. The summed E-state index contributed by atoms with van der Waals surface area (Å²) in [5.41, 5.74) is 3.29. The Labute approximate surface area is 189 Å². The number of carbonyl (C=O) groups excluding carboxylic acids is 2. The Morgan fingerprint density at radius 2 is 1.31 bits per heavy atom. The van der Waals surface area contributed by atoms with Gasteiger partial charge >= 0.3 is 11.9 Å². The van der Waals surface area contributed by atoms with Crippen molar-refractivity contribution in [1.29, 1.82) is 0 Å². The van der Waals surface area contributed by atoms with E-state index in [-0.39, 0.29) is 0 Å². The fraction of sp³-hybridized carbons (Fsp3) is 0.462. The maximum absolute atomic E-state index is 12.7. The standard InChI is InChI=1S/C26H32O6/c1-16-13-14-26(6,32-31-25(28)23-19(4)11-8-12-20(23)5)21(15-16)29-30-24(27)22-17(2)9-7-10-18(22)3/h7-12,16,21H,13-15H2,1-6H3. The Morgan fingerprint density at radius 1 is 0.844 bits per heavy atom. The summed E-state index contributed by atoms with van der Waals surface area (Å²) in [6.07, 6.45) is 1.50. The van der Waals surface area contributed by atoms with Crippen LogP contribution in [0.4, 0.5) is 0 Å². The van der Waals surface area contributed by atoms with Crippen LogP contribution in [0.3, 0.4) is 0 Å². The molecule has 1 aliphatic carbocycles. The molecule has 6 nitrogen and oxygen atoms in total. The van der Waals surface area contributed by atoms with E-state index in [1.165, 1.54) is 0 Å². The summed E-state index contributed by atoms with van der Waals surface area (Å²) in [6.45, 7) is 11.3. The number of carbonyl (C=O) groups is 2. The average Bonchev–Trinajstić information content (AvgIpc) is 2.73. The molecule has 0 N–H and O–H groups in total. The van der Waals surface area contributed by atoms with Crippen LogP contribution in [-0.4, -0.2) is 23.6 Å². The van der Waals surface area contributed by atoms with E-state index in [0.717, 1.165) is 28.7 Å². The lowest BCUT2D eigenvalue weighted by Crippen LogP contribution is -2.48. The quantitative estimate of drug-likeness (QED) is 0.421. The van der Waals surface area contributed by atoms with E-state index in [1.807, 2.05) is 71.0 Å². The zero-order chi connectivity index (χ0) is 23.5. The van der Waals surface area contributed by atoms with E-state index < -0.39 is 23.6 Å². The van der Waals surface area contributed by atoms with Gasteiger partial charge in [-0.05, 0) is 82.1 Å².